The lowest BCUT2D eigenvalue weighted by Gasteiger charge is -2.09. The van der Waals surface area contributed by atoms with Gasteiger partial charge in [0.05, 0.1) is 11.3 Å². The van der Waals surface area contributed by atoms with E-state index in [-0.39, 0.29) is 0 Å². The van der Waals surface area contributed by atoms with Crippen molar-refractivity contribution in [1.82, 2.24) is 9.97 Å². The van der Waals surface area contributed by atoms with Gasteiger partial charge in [0, 0.05) is 11.5 Å². The molecule has 2 aromatic rings. The second kappa shape index (κ2) is 4.84. The first kappa shape index (κ1) is 13.5. The molecule has 1 aromatic heterocycles. The van der Waals surface area contributed by atoms with E-state index in [9.17, 15) is 13.2 Å². The zero-order valence-electron chi connectivity index (χ0n) is 10.3. The molecule has 1 heterocycles. The highest BCUT2D eigenvalue weighted by Crippen LogP contribution is 2.39. The number of hydrogen-bond donors (Lipinski definition) is 0. The number of alkyl halides is 3. The summed E-state index contributed by atoms with van der Waals surface area (Å²) in [6.45, 7) is 0. The lowest BCUT2D eigenvalue weighted by molar-refractivity contribution is -0.137. The van der Waals surface area contributed by atoms with Crippen LogP contribution < -0.4 is 0 Å². The van der Waals surface area contributed by atoms with E-state index in [0.29, 0.717) is 27.6 Å². The topological polar surface area (TPSA) is 25.8 Å². The van der Waals surface area contributed by atoms with Gasteiger partial charge >= 0.3 is 6.18 Å². The van der Waals surface area contributed by atoms with Gasteiger partial charge in [-0.3, -0.25) is 0 Å². The normalized spacial score (nSPS) is 15.4. The molecule has 1 aliphatic carbocycles. The van der Waals surface area contributed by atoms with Crippen LogP contribution in [0.15, 0.2) is 34.9 Å². The molecule has 0 N–H and O–H groups in total. The van der Waals surface area contributed by atoms with Crippen molar-refractivity contribution in [2.24, 2.45) is 0 Å². The molecule has 2 nitrogen and oxygen atoms in total. The Balaban J connectivity index is 2.04. The molecule has 1 fully saturated rings. The quantitative estimate of drug-likeness (QED) is 0.732. The molecule has 0 amide bonds. The molecule has 1 aromatic carbocycles. The minimum Gasteiger partial charge on any atom is -0.233 e. The highest BCUT2D eigenvalue weighted by Gasteiger charge is 2.31. The number of hydrogen-bond acceptors (Lipinski definition) is 2. The van der Waals surface area contributed by atoms with Crippen molar-refractivity contribution >= 4 is 15.9 Å². The van der Waals surface area contributed by atoms with Crippen LogP contribution in [0.4, 0.5) is 13.2 Å². The summed E-state index contributed by atoms with van der Waals surface area (Å²) in [7, 11) is 0. The second-order valence-corrected chi connectivity index (χ2v) is 5.60. The third kappa shape index (κ3) is 2.85. The Hall–Kier alpha value is -1.43. The summed E-state index contributed by atoms with van der Waals surface area (Å²) in [5, 5.41) is 0. The number of aromatic nitrogens is 2. The second-order valence-electron chi connectivity index (χ2n) is 4.79. The van der Waals surface area contributed by atoms with Crippen LogP contribution in [0.3, 0.4) is 0 Å². The summed E-state index contributed by atoms with van der Waals surface area (Å²) in [4.78, 5) is 8.66. The number of nitrogens with zero attached hydrogens (tertiary/aromatic N) is 2. The predicted molar refractivity (Wildman–Crippen MR) is 72.1 cm³/mol. The van der Waals surface area contributed by atoms with Gasteiger partial charge in [-0.2, -0.15) is 13.2 Å². The van der Waals surface area contributed by atoms with Crippen molar-refractivity contribution in [3.05, 3.63) is 46.3 Å². The summed E-state index contributed by atoms with van der Waals surface area (Å²) in [5.41, 5.74) is 0.294. The van der Waals surface area contributed by atoms with Gasteiger partial charge in [-0.1, -0.05) is 12.1 Å². The van der Waals surface area contributed by atoms with Crippen LogP contribution in [0.5, 0.6) is 0 Å². The zero-order valence-corrected chi connectivity index (χ0v) is 11.9. The van der Waals surface area contributed by atoms with E-state index in [1.807, 2.05) is 0 Å². The highest BCUT2D eigenvalue weighted by atomic mass is 79.9. The summed E-state index contributed by atoms with van der Waals surface area (Å²) in [6.07, 6.45) is -2.27. The molecular formula is C14H10BrF3N2. The molecule has 104 valence electrons. The fourth-order valence-electron chi connectivity index (χ4n) is 1.96. The third-order valence-corrected chi connectivity index (χ3v) is 3.55. The molecule has 0 bridgehead atoms. The van der Waals surface area contributed by atoms with Crippen molar-refractivity contribution < 1.29 is 13.2 Å². The third-order valence-electron chi connectivity index (χ3n) is 3.14. The molecule has 1 aliphatic rings. The Kier molecular flexibility index (Phi) is 3.28. The van der Waals surface area contributed by atoms with E-state index in [1.165, 1.54) is 6.07 Å². The van der Waals surface area contributed by atoms with Gasteiger partial charge in [-0.05, 0) is 47.0 Å². The number of rotatable bonds is 2. The summed E-state index contributed by atoms with van der Waals surface area (Å²) < 4.78 is 38.8. The van der Waals surface area contributed by atoms with Crippen LogP contribution in [0.2, 0.25) is 0 Å². The van der Waals surface area contributed by atoms with Crippen molar-refractivity contribution in [2.45, 2.75) is 24.9 Å². The average molecular weight is 343 g/mol. The van der Waals surface area contributed by atoms with E-state index in [4.69, 9.17) is 0 Å². The maximum atomic E-state index is 12.7. The maximum absolute atomic E-state index is 12.7. The Morgan fingerprint density at radius 3 is 2.50 bits per heavy atom. The Bertz CT molecular complexity index is 651. The van der Waals surface area contributed by atoms with Gasteiger partial charge in [0.15, 0.2) is 0 Å². The lowest BCUT2D eigenvalue weighted by Crippen LogP contribution is -2.05. The molecule has 0 radical (unpaired) electrons. The van der Waals surface area contributed by atoms with Gasteiger partial charge in [-0.15, -0.1) is 0 Å². The van der Waals surface area contributed by atoms with Crippen molar-refractivity contribution in [1.29, 1.82) is 0 Å². The van der Waals surface area contributed by atoms with Gasteiger partial charge in [0.25, 0.3) is 0 Å². The summed E-state index contributed by atoms with van der Waals surface area (Å²) in [5.74, 6) is 1.05. The van der Waals surface area contributed by atoms with Gasteiger partial charge in [-0.25, -0.2) is 9.97 Å². The first-order valence-electron chi connectivity index (χ1n) is 6.15. The van der Waals surface area contributed by atoms with E-state index in [1.54, 1.807) is 12.1 Å². The number of halogens is 4. The predicted octanol–water partition coefficient (Wildman–Crippen LogP) is 4.80. The van der Waals surface area contributed by atoms with Crippen molar-refractivity contribution in [3.8, 4) is 11.3 Å². The molecular weight excluding hydrogens is 333 g/mol. The summed E-state index contributed by atoms with van der Waals surface area (Å²) in [6, 6.07) is 6.83. The van der Waals surface area contributed by atoms with Gasteiger partial charge in [0.2, 0.25) is 0 Å². The van der Waals surface area contributed by atoms with E-state index in [0.717, 1.165) is 25.0 Å². The Morgan fingerprint density at radius 1 is 1.10 bits per heavy atom. The fourth-order valence-corrected chi connectivity index (χ4v) is 2.36. The lowest BCUT2D eigenvalue weighted by atomic mass is 10.1. The highest BCUT2D eigenvalue weighted by molar-refractivity contribution is 9.10. The van der Waals surface area contributed by atoms with E-state index < -0.39 is 11.7 Å². The summed E-state index contributed by atoms with van der Waals surface area (Å²) >= 11 is 3.29. The molecule has 6 heteroatoms. The average Bonchev–Trinajstić information content (AvgIpc) is 3.21. The minimum atomic E-state index is -4.35. The van der Waals surface area contributed by atoms with Crippen LogP contribution in [-0.4, -0.2) is 9.97 Å². The molecule has 0 unspecified atom stereocenters. The Labute approximate surface area is 122 Å². The van der Waals surface area contributed by atoms with Crippen molar-refractivity contribution in [2.75, 3.05) is 0 Å². The van der Waals surface area contributed by atoms with E-state index in [2.05, 4.69) is 25.9 Å². The SMILES string of the molecule is FC(F)(F)c1cccc(-c2cc(Br)nc(C3CC3)n2)c1. The molecule has 3 rings (SSSR count). The molecule has 20 heavy (non-hydrogen) atoms. The van der Waals surface area contributed by atoms with Crippen molar-refractivity contribution in [3.63, 3.8) is 0 Å². The van der Waals surface area contributed by atoms with Gasteiger partial charge < -0.3 is 0 Å². The standard InChI is InChI=1S/C14H10BrF3N2/c15-12-7-11(19-13(20-12)8-4-5-8)9-2-1-3-10(6-9)14(16,17)18/h1-3,6-8H,4-5H2. The molecule has 0 saturated heterocycles. The number of benzene rings is 1. The maximum Gasteiger partial charge on any atom is 0.416 e. The molecule has 0 spiro atoms. The molecule has 1 saturated carbocycles. The van der Waals surface area contributed by atoms with Crippen LogP contribution >= 0.6 is 15.9 Å². The largest absolute Gasteiger partial charge is 0.416 e. The zero-order chi connectivity index (χ0) is 14.3. The van der Waals surface area contributed by atoms with Crippen LogP contribution in [-0.2, 0) is 6.18 Å². The van der Waals surface area contributed by atoms with Gasteiger partial charge in [0.1, 0.15) is 10.4 Å². The first-order valence-corrected chi connectivity index (χ1v) is 6.95. The smallest absolute Gasteiger partial charge is 0.233 e. The minimum absolute atomic E-state index is 0.344. The Morgan fingerprint density at radius 2 is 1.85 bits per heavy atom. The first-order chi connectivity index (χ1) is 9.43. The monoisotopic (exact) mass is 342 g/mol. The fraction of sp³-hybridized carbons (Fsp3) is 0.286. The van der Waals surface area contributed by atoms with Crippen LogP contribution in [0.1, 0.15) is 30.1 Å². The van der Waals surface area contributed by atoms with E-state index >= 15 is 0 Å². The van der Waals surface area contributed by atoms with Crippen LogP contribution in [0.25, 0.3) is 11.3 Å². The molecule has 0 atom stereocenters. The molecule has 0 aliphatic heterocycles. The van der Waals surface area contributed by atoms with Crippen LogP contribution in [0, 0.1) is 0 Å².